The van der Waals surface area contributed by atoms with Crippen molar-refractivity contribution in [1.82, 2.24) is 0 Å². The minimum Gasteiger partial charge on any atom is -0.491 e. The fourth-order valence-electron chi connectivity index (χ4n) is 2.38. The first kappa shape index (κ1) is 13.5. The summed E-state index contributed by atoms with van der Waals surface area (Å²) in [7, 11) is 0. The van der Waals surface area contributed by atoms with Crippen LogP contribution in [0.2, 0.25) is 0 Å². The Labute approximate surface area is 115 Å². The van der Waals surface area contributed by atoms with Crippen molar-refractivity contribution in [2.24, 2.45) is 0 Å². The molecule has 18 heavy (non-hydrogen) atoms. The van der Waals surface area contributed by atoms with Gasteiger partial charge in [-0.3, -0.25) is 0 Å². The van der Waals surface area contributed by atoms with E-state index in [0.29, 0.717) is 0 Å². The van der Waals surface area contributed by atoms with Crippen LogP contribution < -0.4 is 9.64 Å². The SMILES string of the molecule is ClCCCCCCN1CCCOc2ccccc21. The van der Waals surface area contributed by atoms with Crippen LogP contribution in [0, 0.1) is 0 Å². The molecule has 1 aliphatic heterocycles. The molecular weight excluding hydrogens is 246 g/mol. The van der Waals surface area contributed by atoms with E-state index in [4.69, 9.17) is 16.3 Å². The van der Waals surface area contributed by atoms with Crippen molar-refractivity contribution in [3.63, 3.8) is 0 Å². The van der Waals surface area contributed by atoms with Crippen molar-refractivity contribution >= 4 is 17.3 Å². The molecule has 0 atom stereocenters. The average molecular weight is 268 g/mol. The third-order valence-corrected chi connectivity index (χ3v) is 3.61. The molecule has 1 aromatic rings. The van der Waals surface area contributed by atoms with E-state index in [1.54, 1.807) is 0 Å². The lowest BCUT2D eigenvalue weighted by molar-refractivity contribution is 0.322. The maximum absolute atomic E-state index is 5.76. The van der Waals surface area contributed by atoms with E-state index >= 15 is 0 Å². The van der Waals surface area contributed by atoms with Crippen LogP contribution in [-0.4, -0.2) is 25.6 Å². The Balaban J connectivity index is 1.88. The van der Waals surface area contributed by atoms with Crippen molar-refractivity contribution in [3.8, 4) is 5.75 Å². The van der Waals surface area contributed by atoms with Crippen molar-refractivity contribution in [3.05, 3.63) is 24.3 Å². The summed E-state index contributed by atoms with van der Waals surface area (Å²) in [6.45, 7) is 3.06. The van der Waals surface area contributed by atoms with E-state index in [2.05, 4.69) is 23.1 Å². The molecule has 3 heteroatoms. The highest BCUT2D eigenvalue weighted by atomic mass is 35.5. The number of alkyl halides is 1. The zero-order chi connectivity index (χ0) is 12.6. The number of benzene rings is 1. The molecule has 0 N–H and O–H groups in total. The summed E-state index contributed by atoms with van der Waals surface area (Å²) >= 11 is 5.69. The summed E-state index contributed by atoms with van der Waals surface area (Å²) < 4.78 is 5.76. The third kappa shape index (κ3) is 3.81. The van der Waals surface area contributed by atoms with E-state index in [1.807, 2.05) is 6.07 Å². The van der Waals surface area contributed by atoms with Gasteiger partial charge in [-0.15, -0.1) is 11.6 Å². The van der Waals surface area contributed by atoms with E-state index in [-0.39, 0.29) is 0 Å². The number of ether oxygens (including phenoxy) is 1. The highest BCUT2D eigenvalue weighted by Gasteiger charge is 2.14. The van der Waals surface area contributed by atoms with Gasteiger partial charge in [0.1, 0.15) is 5.75 Å². The van der Waals surface area contributed by atoms with Gasteiger partial charge >= 0.3 is 0 Å². The molecule has 2 rings (SSSR count). The van der Waals surface area contributed by atoms with Crippen LogP contribution in [0.15, 0.2) is 24.3 Å². The Morgan fingerprint density at radius 1 is 1.11 bits per heavy atom. The number of fused-ring (bicyclic) bond motifs is 1. The summed E-state index contributed by atoms with van der Waals surface area (Å²) in [6, 6.07) is 8.37. The van der Waals surface area contributed by atoms with Gasteiger partial charge in [-0.2, -0.15) is 0 Å². The normalized spacial score (nSPS) is 14.8. The van der Waals surface area contributed by atoms with Crippen molar-refractivity contribution in [2.75, 3.05) is 30.5 Å². The first-order valence-electron chi connectivity index (χ1n) is 6.94. The van der Waals surface area contributed by atoms with Crippen LogP contribution >= 0.6 is 11.6 Å². The van der Waals surface area contributed by atoms with Gasteiger partial charge in [-0.05, 0) is 31.4 Å². The molecule has 100 valence electrons. The van der Waals surface area contributed by atoms with Gasteiger partial charge < -0.3 is 9.64 Å². The predicted octanol–water partition coefficient (Wildman–Crippen LogP) is 4.07. The number of hydrogen-bond donors (Lipinski definition) is 0. The molecule has 0 saturated carbocycles. The molecule has 0 unspecified atom stereocenters. The van der Waals surface area contributed by atoms with Crippen LogP contribution in [0.25, 0.3) is 0 Å². The number of nitrogens with zero attached hydrogens (tertiary/aromatic N) is 1. The summed E-state index contributed by atoms with van der Waals surface area (Å²) in [5.41, 5.74) is 1.26. The average Bonchev–Trinajstić information content (AvgIpc) is 2.61. The largest absolute Gasteiger partial charge is 0.491 e. The molecular formula is C15H22ClNO. The summed E-state index contributed by atoms with van der Waals surface area (Å²) in [6.07, 6.45) is 6.00. The molecule has 0 spiro atoms. The predicted molar refractivity (Wildman–Crippen MR) is 78.0 cm³/mol. The highest BCUT2D eigenvalue weighted by Crippen LogP contribution is 2.30. The molecule has 0 aromatic heterocycles. The second-order valence-electron chi connectivity index (χ2n) is 4.76. The van der Waals surface area contributed by atoms with Gasteiger partial charge in [-0.25, -0.2) is 0 Å². The van der Waals surface area contributed by atoms with E-state index in [9.17, 15) is 0 Å². The number of unbranched alkanes of at least 4 members (excludes halogenated alkanes) is 3. The van der Waals surface area contributed by atoms with Crippen LogP contribution in [0.3, 0.4) is 0 Å². The van der Waals surface area contributed by atoms with Crippen molar-refractivity contribution < 1.29 is 4.74 Å². The number of para-hydroxylation sites is 2. The highest BCUT2D eigenvalue weighted by molar-refractivity contribution is 6.17. The standard InChI is InChI=1S/C15H22ClNO/c16-10-5-1-2-6-11-17-12-7-13-18-15-9-4-3-8-14(15)17/h3-4,8-9H,1-2,5-7,10-13H2. The van der Waals surface area contributed by atoms with Gasteiger partial charge in [0.05, 0.1) is 12.3 Å². The van der Waals surface area contributed by atoms with Crippen LogP contribution in [0.4, 0.5) is 5.69 Å². The van der Waals surface area contributed by atoms with Gasteiger partial charge in [-0.1, -0.05) is 25.0 Å². The molecule has 0 amide bonds. The molecule has 0 saturated heterocycles. The second kappa shape index (κ2) is 7.52. The summed E-state index contributed by atoms with van der Waals surface area (Å²) in [5.74, 6) is 1.83. The molecule has 0 aliphatic carbocycles. The number of rotatable bonds is 6. The first-order chi connectivity index (χ1) is 8.92. The number of anilines is 1. The Kier molecular flexibility index (Phi) is 5.66. The molecule has 1 aliphatic rings. The minimum absolute atomic E-state index is 0.792. The fraction of sp³-hybridized carbons (Fsp3) is 0.600. The van der Waals surface area contributed by atoms with E-state index in [1.165, 1.54) is 24.9 Å². The summed E-state index contributed by atoms with van der Waals surface area (Å²) in [5, 5.41) is 0. The monoisotopic (exact) mass is 267 g/mol. The fourth-order valence-corrected chi connectivity index (χ4v) is 2.57. The topological polar surface area (TPSA) is 12.5 Å². The maximum Gasteiger partial charge on any atom is 0.142 e. The second-order valence-corrected chi connectivity index (χ2v) is 5.14. The lowest BCUT2D eigenvalue weighted by Gasteiger charge is -2.23. The molecule has 0 bridgehead atoms. The Bertz CT molecular complexity index is 356. The van der Waals surface area contributed by atoms with Gasteiger partial charge in [0.25, 0.3) is 0 Å². The molecule has 1 aromatic carbocycles. The van der Waals surface area contributed by atoms with Crippen LogP contribution in [-0.2, 0) is 0 Å². The minimum atomic E-state index is 0.792. The number of hydrogen-bond acceptors (Lipinski definition) is 2. The molecule has 1 heterocycles. The van der Waals surface area contributed by atoms with Gasteiger partial charge in [0, 0.05) is 19.0 Å². The molecule has 0 radical (unpaired) electrons. The molecule has 0 fully saturated rings. The Morgan fingerprint density at radius 3 is 2.83 bits per heavy atom. The van der Waals surface area contributed by atoms with Crippen LogP contribution in [0.1, 0.15) is 32.1 Å². The van der Waals surface area contributed by atoms with E-state index in [0.717, 1.165) is 44.2 Å². The number of halogens is 1. The van der Waals surface area contributed by atoms with Gasteiger partial charge in [0.15, 0.2) is 0 Å². The quantitative estimate of drug-likeness (QED) is 0.569. The van der Waals surface area contributed by atoms with E-state index < -0.39 is 0 Å². The van der Waals surface area contributed by atoms with Crippen molar-refractivity contribution in [2.45, 2.75) is 32.1 Å². The lowest BCUT2D eigenvalue weighted by atomic mass is 10.2. The first-order valence-corrected chi connectivity index (χ1v) is 7.48. The summed E-state index contributed by atoms with van der Waals surface area (Å²) in [4.78, 5) is 2.46. The zero-order valence-corrected chi connectivity index (χ0v) is 11.7. The smallest absolute Gasteiger partial charge is 0.142 e. The molecule has 2 nitrogen and oxygen atoms in total. The lowest BCUT2D eigenvalue weighted by Crippen LogP contribution is -2.24. The third-order valence-electron chi connectivity index (χ3n) is 3.35. The van der Waals surface area contributed by atoms with Gasteiger partial charge in [0.2, 0.25) is 0 Å². The van der Waals surface area contributed by atoms with Crippen molar-refractivity contribution in [1.29, 1.82) is 0 Å². The maximum atomic E-state index is 5.76. The Hall–Kier alpha value is -0.890. The van der Waals surface area contributed by atoms with Crippen LogP contribution in [0.5, 0.6) is 5.75 Å². The zero-order valence-electron chi connectivity index (χ0n) is 10.9. The Morgan fingerprint density at radius 2 is 1.94 bits per heavy atom.